The standard InChI is InChI=1S/C12H16N2/c1-2-10(8-13-4-1)11-6-9-3-5-14-12(11)7-9/h1-2,4,8-9,11-12,14H,3,5-7H2. The number of nitrogens with one attached hydrogen (secondary N) is 1. The Morgan fingerprint density at radius 1 is 1.36 bits per heavy atom. The van der Waals surface area contributed by atoms with Crippen molar-refractivity contribution in [1.82, 2.24) is 10.3 Å². The van der Waals surface area contributed by atoms with Gasteiger partial charge in [-0.2, -0.15) is 0 Å². The van der Waals surface area contributed by atoms with Gasteiger partial charge in [-0.3, -0.25) is 4.98 Å². The van der Waals surface area contributed by atoms with Crippen LogP contribution in [-0.4, -0.2) is 17.6 Å². The van der Waals surface area contributed by atoms with Crippen LogP contribution in [0.4, 0.5) is 0 Å². The summed E-state index contributed by atoms with van der Waals surface area (Å²) in [5.41, 5.74) is 1.43. The lowest BCUT2D eigenvalue weighted by Gasteiger charge is -2.22. The summed E-state index contributed by atoms with van der Waals surface area (Å²) in [7, 11) is 0. The van der Waals surface area contributed by atoms with Crippen LogP contribution in [0.2, 0.25) is 0 Å². The highest BCUT2D eigenvalue weighted by atomic mass is 14.9. The summed E-state index contributed by atoms with van der Waals surface area (Å²) in [6.07, 6.45) is 8.00. The normalized spacial score (nSPS) is 35.9. The Labute approximate surface area is 84.7 Å². The largest absolute Gasteiger partial charge is 0.313 e. The molecule has 2 nitrogen and oxygen atoms in total. The van der Waals surface area contributed by atoms with Gasteiger partial charge in [-0.15, -0.1) is 0 Å². The van der Waals surface area contributed by atoms with E-state index in [4.69, 9.17) is 0 Å². The number of hydrogen-bond donors (Lipinski definition) is 1. The van der Waals surface area contributed by atoms with Crippen LogP contribution in [0, 0.1) is 5.92 Å². The molecule has 1 saturated carbocycles. The van der Waals surface area contributed by atoms with E-state index in [2.05, 4.69) is 22.4 Å². The first-order chi connectivity index (χ1) is 6.93. The summed E-state index contributed by atoms with van der Waals surface area (Å²) in [4.78, 5) is 4.22. The molecular weight excluding hydrogens is 172 g/mol. The molecule has 1 aromatic rings. The highest BCUT2D eigenvalue weighted by Crippen LogP contribution is 2.41. The summed E-state index contributed by atoms with van der Waals surface area (Å²) in [6, 6.07) is 5.00. The average Bonchev–Trinajstić information content (AvgIpc) is 2.55. The topological polar surface area (TPSA) is 24.9 Å². The number of nitrogens with zero attached hydrogens (tertiary/aromatic N) is 1. The van der Waals surface area contributed by atoms with E-state index in [0.717, 1.165) is 17.9 Å². The lowest BCUT2D eigenvalue weighted by Crippen LogP contribution is -2.34. The molecule has 74 valence electrons. The van der Waals surface area contributed by atoms with Crippen molar-refractivity contribution in [3.05, 3.63) is 30.1 Å². The number of pyridine rings is 1. The lowest BCUT2D eigenvalue weighted by molar-refractivity contribution is 0.386. The van der Waals surface area contributed by atoms with Crippen molar-refractivity contribution in [3.8, 4) is 0 Å². The van der Waals surface area contributed by atoms with Gasteiger partial charge in [0.1, 0.15) is 0 Å². The first kappa shape index (κ1) is 8.42. The molecule has 3 atom stereocenters. The molecule has 0 spiro atoms. The van der Waals surface area contributed by atoms with Gasteiger partial charge in [-0.1, -0.05) is 6.07 Å². The van der Waals surface area contributed by atoms with Crippen molar-refractivity contribution in [2.45, 2.75) is 31.2 Å². The SMILES string of the molecule is c1cncc(C2CC3CCNC2C3)c1. The fourth-order valence-corrected chi connectivity index (χ4v) is 3.04. The zero-order valence-electron chi connectivity index (χ0n) is 8.32. The van der Waals surface area contributed by atoms with E-state index in [9.17, 15) is 0 Å². The molecule has 3 rings (SSSR count). The molecule has 1 aliphatic heterocycles. The van der Waals surface area contributed by atoms with Gasteiger partial charge in [0, 0.05) is 24.4 Å². The summed E-state index contributed by atoms with van der Waals surface area (Å²) >= 11 is 0. The van der Waals surface area contributed by atoms with Crippen LogP contribution in [0.25, 0.3) is 0 Å². The predicted octanol–water partition coefficient (Wildman–Crippen LogP) is 1.94. The first-order valence-electron chi connectivity index (χ1n) is 5.57. The maximum absolute atomic E-state index is 4.22. The molecule has 2 heteroatoms. The number of hydrogen-bond acceptors (Lipinski definition) is 2. The zero-order chi connectivity index (χ0) is 9.38. The second-order valence-electron chi connectivity index (χ2n) is 4.58. The molecule has 3 unspecified atom stereocenters. The minimum absolute atomic E-state index is 0.719. The van der Waals surface area contributed by atoms with Crippen LogP contribution in [0.15, 0.2) is 24.5 Å². The first-order valence-corrected chi connectivity index (χ1v) is 5.57. The Balaban J connectivity index is 1.86. The van der Waals surface area contributed by atoms with E-state index in [0.29, 0.717) is 0 Å². The molecule has 0 aromatic carbocycles. The van der Waals surface area contributed by atoms with Crippen LogP contribution < -0.4 is 5.32 Å². The molecule has 2 aliphatic rings. The van der Waals surface area contributed by atoms with Crippen molar-refractivity contribution in [2.24, 2.45) is 5.92 Å². The van der Waals surface area contributed by atoms with Crippen molar-refractivity contribution >= 4 is 0 Å². The molecule has 1 saturated heterocycles. The molecule has 1 aromatic heterocycles. The van der Waals surface area contributed by atoms with Crippen LogP contribution in [0.3, 0.4) is 0 Å². The molecule has 2 heterocycles. The van der Waals surface area contributed by atoms with Gasteiger partial charge in [0.05, 0.1) is 0 Å². The Bertz CT molecular complexity index is 309. The second kappa shape index (κ2) is 3.35. The minimum Gasteiger partial charge on any atom is -0.313 e. The summed E-state index contributed by atoms with van der Waals surface area (Å²) in [5.74, 6) is 1.68. The van der Waals surface area contributed by atoms with Crippen molar-refractivity contribution < 1.29 is 0 Å². The van der Waals surface area contributed by atoms with Gasteiger partial charge in [0.15, 0.2) is 0 Å². The summed E-state index contributed by atoms with van der Waals surface area (Å²) < 4.78 is 0. The Kier molecular flexibility index (Phi) is 2.02. The highest BCUT2D eigenvalue weighted by molar-refractivity contribution is 5.20. The molecule has 1 N–H and O–H groups in total. The summed E-state index contributed by atoms with van der Waals surface area (Å²) in [6.45, 7) is 1.21. The molecule has 0 amide bonds. The highest BCUT2D eigenvalue weighted by Gasteiger charge is 2.37. The van der Waals surface area contributed by atoms with Gasteiger partial charge in [0.2, 0.25) is 0 Å². The van der Waals surface area contributed by atoms with Crippen molar-refractivity contribution in [1.29, 1.82) is 0 Å². The maximum atomic E-state index is 4.22. The van der Waals surface area contributed by atoms with Crippen molar-refractivity contribution in [3.63, 3.8) is 0 Å². The second-order valence-corrected chi connectivity index (χ2v) is 4.58. The maximum Gasteiger partial charge on any atom is 0.0303 e. The third-order valence-electron chi connectivity index (χ3n) is 3.73. The van der Waals surface area contributed by atoms with Gasteiger partial charge < -0.3 is 5.32 Å². The molecule has 0 radical (unpaired) electrons. The van der Waals surface area contributed by atoms with E-state index in [1.165, 1.54) is 31.4 Å². The van der Waals surface area contributed by atoms with Crippen molar-refractivity contribution in [2.75, 3.05) is 6.54 Å². The fraction of sp³-hybridized carbons (Fsp3) is 0.583. The molecule has 1 aliphatic carbocycles. The zero-order valence-corrected chi connectivity index (χ0v) is 8.32. The minimum atomic E-state index is 0.719. The molecule has 2 fully saturated rings. The van der Waals surface area contributed by atoms with Crippen LogP contribution in [0.1, 0.15) is 30.7 Å². The number of piperidine rings is 1. The Hall–Kier alpha value is -0.890. The number of fused-ring (bicyclic) bond motifs is 2. The third-order valence-corrected chi connectivity index (χ3v) is 3.73. The molecular formula is C12H16N2. The smallest absolute Gasteiger partial charge is 0.0303 e. The van der Waals surface area contributed by atoms with Gasteiger partial charge in [0.25, 0.3) is 0 Å². The lowest BCUT2D eigenvalue weighted by atomic mass is 9.96. The predicted molar refractivity (Wildman–Crippen MR) is 56.1 cm³/mol. The quantitative estimate of drug-likeness (QED) is 0.728. The number of rotatable bonds is 1. The third kappa shape index (κ3) is 1.34. The van der Waals surface area contributed by atoms with Crippen LogP contribution in [-0.2, 0) is 0 Å². The average molecular weight is 188 g/mol. The van der Waals surface area contributed by atoms with E-state index >= 15 is 0 Å². The van der Waals surface area contributed by atoms with E-state index in [1.807, 2.05) is 12.4 Å². The van der Waals surface area contributed by atoms with Crippen LogP contribution >= 0.6 is 0 Å². The Morgan fingerprint density at radius 3 is 3.14 bits per heavy atom. The van der Waals surface area contributed by atoms with Crippen LogP contribution in [0.5, 0.6) is 0 Å². The van der Waals surface area contributed by atoms with Gasteiger partial charge >= 0.3 is 0 Å². The van der Waals surface area contributed by atoms with E-state index in [-0.39, 0.29) is 0 Å². The van der Waals surface area contributed by atoms with Gasteiger partial charge in [-0.25, -0.2) is 0 Å². The number of aromatic nitrogens is 1. The Morgan fingerprint density at radius 2 is 2.36 bits per heavy atom. The fourth-order valence-electron chi connectivity index (χ4n) is 3.04. The summed E-state index contributed by atoms with van der Waals surface area (Å²) in [5, 5.41) is 3.63. The molecule has 14 heavy (non-hydrogen) atoms. The monoisotopic (exact) mass is 188 g/mol. The van der Waals surface area contributed by atoms with Gasteiger partial charge in [-0.05, 0) is 43.4 Å². The molecule has 2 bridgehead atoms. The van der Waals surface area contributed by atoms with E-state index < -0.39 is 0 Å². The van der Waals surface area contributed by atoms with E-state index in [1.54, 1.807) is 0 Å².